The number of benzene rings is 1. The lowest BCUT2D eigenvalue weighted by atomic mass is 10.2. The fourth-order valence-corrected chi connectivity index (χ4v) is 1.68. The Hall–Kier alpha value is -1.02. The number of hydrogen-bond donors (Lipinski definition) is 1. The molecule has 0 aliphatic carbocycles. The second-order valence-corrected chi connectivity index (χ2v) is 3.96. The van der Waals surface area contributed by atoms with Gasteiger partial charge in [0, 0.05) is 18.8 Å². The van der Waals surface area contributed by atoms with Crippen LogP contribution in [0, 0.1) is 6.92 Å². The summed E-state index contributed by atoms with van der Waals surface area (Å²) in [5.74, 6) is 0. The average molecular weight is 206 g/mol. The second kappa shape index (κ2) is 6.46. The van der Waals surface area contributed by atoms with E-state index in [1.807, 2.05) is 0 Å². The molecular formula is C13H22N2. The van der Waals surface area contributed by atoms with Crippen molar-refractivity contribution in [1.29, 1.82) is 0 Å². The van der Waals surface area contributed by atoms with E-state index in [-0.39, 0.29) is 0 Å². The number of nitrogens with two attached hydrogens (primary N) is 1. The van der Waals surface area contributed by atoms with E-state index in [4.69, 9.17) is 5.73 Å². The Balaban J connectivity index is 2.65. The summed E-state index contributed by atoms with van der Waals surface area (Å²) in [5, 5.41) is 0. The molecule has 0 spiro atoms. The van der Waals surface area contributed by atoms with E-state index in [9.17, 15) is 0 Å². The molecule has 0 aliphatic heterocycles. The number of rotatable bonds is 6. The minimum Gasteiger partial charge on any atom is -0.371 e. The van der Waals surface area contributed by atoms with E-state index in [1.165, 1.54) is 17.7 Å². The van der Waals surface area contributed by atoms with E-state index >= 15 is 0 Å². The fraction of sp³-hybridized carbons (Fsp3) is 0.538. The molecule has 0 saturated heterocycles. The summed E-state index contributed by atoms with van der Waals surface area (Å²) in [7, 11) is 0. The van der Waals surface area contributed by atoms with Crippen molar-refractivity contribution < 1.29 is 0 Å². The van der Waals surface area contributed by atoms with E-state index in [2.05, 4.69) is 43.0 Å². The maximum atomic E-state index is 5.55. The van der Waals surface area contributed by atoms with E-state index < -0.39 is 0 Å². The summed E-state index contributed by atoms with van der Waals surface area (Å²) in [5.41, 5.74) is 8.18. The van der Waals surface area contributed by atoms with Crippen molar-refractivity contribution in [2.24, 2.45) is 5.73 Å². The third kappa shape index (κ3) is 3.92. The minimum absolute atomic E-state index is 0.770. The van der Waals surface area contributed by atoms with Gasteiger partial charge in [-0.25, -0.2) is 0 Å². The van der Waals surface area contributed by atoms with Gasteiger partial charge in [-0.05, 0) is 38.4 Å². The lowest BCUT2D eigenvalue weighted by Gasteiger charge is -2.24. The third-order valence-corrected chi connectivity index (χ3v) is 2.52. The topological polar surface area (TPSA) is 29.3 Å². The van der Waals surface area contributed by atoms with Crippen LogP contribution in [0.1, 0.15) is 25.3 Å². The van der Waals surface area contributed by atoms with Crippen LogP contribution in [-0.2, 0) is 0 Å². The molecular weight excluding hydrogens is 184 g/mol. The predicted molar refractivity (Wildman–Crippen MR) is 67.4 cm³/mol. The van der Waals surface area contributed by atoms with Crippen LogP contribution < -0.4 is 10.6 Å². The molecule has 0 aliphatic rings. The highest BCUT2D eigenvalue weighted by Gasteiger charge is 2.03. The first kappa shape index (κ1) is 12.1. The highest BCUT2D eigenvalue weighted by molar-refractivity contribution is 5.47. The minimum atomic E-state index is 0.770. The second-order valence-electron chi connectivity index (χ2n) is 3.96. The molecule has 0 bridgehead atoms. The molecule has 1 aromatic carbocycles. The standard InChI is InChI=1S/C13H22N2/c1-3-10-15(11-4-9-14)13-7-5-12(2)6-8-13/h5-8H,3-4,9-11,14H2,1-2H3. The molecule has 2 nitrogen and oxygen atoms in total. The van der Waals surface area contributed by atoms with Crippen molar-refractivity contribution in [1.82, 2.24) is 0 Å². The van der Waals surface area contributed by atoms with Crippen LogP contribution in [0.2, 0.25) is 0 Å². The molecule has 0 aromatic heterocycles. The molecule has 0 unspecified atom stereocenters. The van der Waals surface area contributed by atoms with Gasteiger partial charge in [-0.3, -0.25) is 0 Å². The zero-order valence-corrected chi connectivity index (χ0v) is 9.87. The lowest BCUT2D eigenvalue weighted by molar-refractivity contribution is 0.720. The van der Waals surface area contributed by atoms with Crippen LogP contribution in [-0.4, -0.2) is 19.6 Å². The van der Waals surface area contributed by atoms with Crippen LogP contribution in [0.3, 0.4) is 0 Å². The van der Waals surface area contributed by atoms with Gasteiger partial charge in [0.2, 0.25) is 0 Å². The maximum Gasteiger partial charge on any atom is 0.0366 e. The summed E-state index contributed by atoms with van der Waals surface area (Å²) in [4.78, 5) is 2.41. The van der Waals surface area contributed by atoms with Crippen molar-refractivity contribution >= 4 is 5.69 Å². The first-order valence-corrected chi connectivity index (χ1v) is 5.79. The van der Waals surface area contributed by atoms with Gasteiger partial charge in [-0.1, -0.05) is 24.6 Å². The Morgan fingerprint density at radius 1 is 1.13 bits per heavy atom. The summed E-state index contributed by atoms with van der Waals surface area (Å²) >= 11 is 0. The Morgan fingerprint density at radius 3 is 2.33 bits per heavy atom. The molecule has 0 radical (unpaired) electrons. The molecule has 1 aromatic rings. The van der Waals surface area contributed by atoms with Crippen molar-refractivity contribution in [3.8, 4) is 0 Å². The molecule has 84 valence electrons. The highest BCUT2D eigenvalue weighted by atomic mass is 15.1. The predicted octanol–water partition coefficient (Wildman–Crippen LogP) is 2.56. The zero-order chi connectivity index (χ0) is 11.1. The molecule has 1 rings (SSSR count). The smallest absolute Gasteiger partial charge is 0.0366 e. The van der Waals surface area contributed by atoms with Crippen LogP contribution in [0.25, 0.3) is 0 Å². The molecule has 15 heavy (non-hydrogen) atoms. The molecule has 0 saturated carbocycles. The first-order valence-electron chi connectivity index (χ1n) is 5.79. The van der Waals surface area contributed by atoms with Crippen LogP contribution in [0.4, 0.5) is 5.69 Å². The highest BCUT2D eigenvalue weighted by Crippen LogP contribution is 2.15. The van der Waals surface area contributed by atoms with E-state index in [1.54, 1.807) is 0 Å². The summed E-state index contributed by atoms with van der Waals surface area (Å²) in [6, 6.07) is 8.73. The number of anilines is 1. The Kier molecular flexibility index (Phi) is 5.19. The summed E-state index contributed by atoms with van der Waals surface area (Å²) in [6.45, 7) is 7.28. The summed E-state index contributed by atoms with van der Waals surface area (Å²) < 4.78 is 0. The van der Waals surface area contributed by atoms with Gasteiger partial charge in [0.25, 0.3) is 0 Å². The van der Waals surface area contributed by atoms with Crippen LogP contribution >= 0.6 is 0 Å². The number of nitrogens with zero attached hydrogens (tertiary/aromatic N) is 1. The van der Waals surface area contributed by atoms with Gasteiger partial charge >= 0.3 is 0 Å². The van der Waals surface area contributed by atoms with Crippen molar-refractivity contribution in [2.75, 3.05) is 24.5 Å². The van der Waals surface area contributed by atoms with Gasteiger partial charge in [0.05, 0.1) is 0 Å². The fourth-order valence-electron chi connectivity index (χ4n) is 1.68. The third-order valence-electron chi connectivity index (χ3n) is 2.52. The average Bonchev–Trinajstić information content (AvgIpc) is 2.25. The molecule has 0 amide bonds. The lowest BCUT2D eigenvalue weighted by Crippen LogP contribution is -2.26. The molecule has 0 fully saturated rings. The van der Waals surface area contributed by atoms with Crippen molar-refractivity contribution in [2.45, 2.75) is 26.7 Å². The quantitative estimate of drug-likeness (QED) is 0.775. The monoisotopic (exact) mass is 206 g/mol. The zero-order valence-electron chi connectivity index (χ0n) is 9.87. The Morgan fingerprint density at radius 2 is 1.80 bits per heavy atom. The molecule has 2 N–H and O–H groups in total. The normalized spacial score (nSPS) is 10.3. The van der Waals surface area contributed by atoms with Gasteiger partial charge in [0.1, 0.15) is 0 Å². The van der Waals surface area contributed by atoms with Gasteiger partial charge < -0.3 is 10.6 Å². The first-order chi connectivity index (χ1) is 7.27. The molecule has 0 atom stereocenters. The van der Waals surface area contributed by atoms with Crippen molar-refractivity contribution in [3.63, 3.8) is 0 Å². The summed E-state index contributed by atoms with van der Waals surface area (Å²) in [6.07, 6.45) is 2.24. The van der Waals surface area contributed by atoms with Crippen LogP contribution in [0.15, 0.2) is 24.3 Å². The SMILES string of the molecule is CCCN(CCCN)c1ccc(C)cc1. The maximum absolute atomic E-state index is 5.55. The van der Waals surface area contributed by atoms with E-state index in [0.29, 0.717) is 0 Å². The van der Waals surface area contributed by atoms with Crippen LogP contribution in [0.5, 0.6) is 0 Å². The van der Waals surface area contributed by atoms with Gasteiger partial charge in [0.15, 0.2) is 0 Å². The Bertz CT molecular complexity index is 266. The number of hydrogen-bond acceptors (Lipinski definition) is 2. The van der Waals surface area contributed by atoms with Gasteiger partial charge in [-0.2, -0.15) is 0 Å². The van der Waals surface area contributed by atoms with E-state index in [0.717, 1.165) is 26.1 Å². The molecule has 0 heterocycles. The Labute approximate surface area is 93.1 Å². The largest absolute Gasteiger partial charge is 0.371 e. The van der Waals surface area contributed by atoms with Crippen molar-refractivity contribution in [3.05, 3.63) is 29.8 Å². The number of aryl methyl sites for hydroxylation is 1. The molecule has 2 heteroatoms. The van der Waals surface area contributed by atoms with Gasteiger partial charge in [-0.15, -0.1) is 0 Å².